The van der Waals surface area contributed by atoms with Crippen molar-refractivity contribution in [1.29, 1.82) is 0 Å². The van der Waals surface area contributed by atoms with Gasteiger partial charge in [0.15, 0.2) is 11.6 Å². The molecule has 0 aliphatic carbocycles. The van der Waals surface area contributed by atoms with Crippen molar-refractivity contribution in [1.82, 2.24) is 14.3 Å². The van der Waals surface area contributed by atoms with E-state index in [1.54, 1.807) is 13.3 Å². The molecule has 0 saturated carbocycles. The van der Waals surface area contributed by atoms with E-state index in [1.807, 2.05) is 6.07 Å². The Bertz CT molecular complexity index is 990. The van der Waals surface area contributed by atoms with E-state index in [0.717, 1.165) is 30.8 Å². The third-order valence-corrected chi connectivity index (χ3v) is 7.37. The van der Waals surface area contributed by atoms with E-state index in [2.05, 4.69) is 19.8 Å². The molecule has 0 unspecified atom stereocenters. The highest BCUT2D eigenvalue weighted by Crippen LogP contribution is 2.26. The van der Waals surface area contributed by atoms with Crippen LogP contribution in [0.25, 0.3) is 0 Å². The van der Waals surface area contributed by atoms with Crippen LogP contribution in [0.3, 0.4) is 0 Å². The summed E-state index contributed by atoms with van der Waals surface area (Å²) in [5, 5.41) is 0. The summed E-state index contributed by atoms with van der Waals surface area (Å²) < 4.78 is 46.6. The van der Waals surface area contributed by atoms with Crippen molar-refractivity contribution in [2.45, 2.75) is 24.7 Å². The van der Waals surface area contributed by atoms with Crippen LogP contribution in [0.1, 0.15) is 19.8 Å². The Kier molecular flexibility index (Phi) is 6.05. The molecule has 2 fully saturated rings. The van der Waals surface area contributed by atoms with Gasteiger partial charge in [0.05, 0.1) is 11.5 Å². The second kappa shape index (κ2) is 8.73. The molecule has 2 saturated heterocycles. The summed E-state index contributed by atoms with van der Waals surface area (Å²) in [6.45, 7) is 5.69. The van der Waals surface area contributed by atoms with Crippen LogP contribution in [-0.4, -0.2) is 68.6 Å². The molecule has 0 spiro atoms. The van der Waals surface area contributed by atoms with Crippen molar-refractivity contribution >= 4 is 21.7 Å². The fourth-order valence-electron chi connectivity index (χ4n) is 3.85. The molecule has 0 atom stereocenters. The Morgan fingerprint density at radius 2 is 1.60 bits per heavy atom. The molecule has 162 valence electrons. The van der Waals surface area contributed by atoms with Gasteiger partial charge < -0.3 is 14.5 Å². The van der Waals surface area contributed by atoms with E-state index in [9.17, 15) is 12.8 Å². The van der Waals surface area contributed by atoms with Crippen molar-refractivity contribution in [3.8, 4) is 5.75 Å². The summed E-state index contributed by atoms with van der Waals surface area (Å²) in [5.74, 6) is 1.10. The Labute approximate surface area is 176 Å². The van der Waals surface area contributed by atoms with Crippen molar-refractivity contribution in [2.24, 2.45) is 0 Å². The number of nitrogens with zero attached hydrogens (tertiary/aromatic N) is 5. The number of hydrogen-bond acceptors (Lipinski definition) is 7. The van der Waals surface area contributed by atoms with Crippen LogP contribution in [0.5, 0.6) is 5.75 Å². The highest BCUT2D eigenvalue weighted by molar-refractivity contribution is 7.89. The number of anilines is 2. The van der Waals surface area contributed by atoms with Crippen LogP contribution in [0.4, 0.5) is 16.0 Å². The molecule has 1 aromatic heterocycles. The lowest BCUT2D eigenvalue weighted by Crippen LogP contribution is -2.49. The molecule has 0 N–H and O–H groups in total. The molecule has 8 nitrogen and oxygen atoms in total. The van der Waals surface area contributed by atoms with E-state index in [-0.39, 0.29) is 10.6 Å². The SMILES string of the molecule is CCOc1ccc(S(=O)(=O)N2CCN(c3cc(N4CCCC4)ncn3)CC2)cc1F. The minimum atomic E-state index is -3.77. The molecule has 0 bridgehead atoms. The lowest BCUT2D eigenvalue weighted by molar-refractivity contribution is 0.321. The maximum atomic E-state index is 14.1. The monoisotopic (exact) mass is 435 g/mol. The van der Waals surface area contributed by atoms with Crippen LogP contribution in [-0.2, 0) is 10.0 Å². The van der Waals surface area contributed by atoms with Crippen LogP contribution in [0, 0.1) is 5.82 Å². The zero-order valence-corrected chi connectivity index (χ0v) is 17.8. The summed E-state index contributed by atoms with van der Waals surface area (Å²) in [4.78, 5) is 13.0. The number of piperazine rings is 1. The molecule has 0 radical (unpaired) electrons. The van der Waals surface area contributed by atoms with E-state index in [0.29, 0.717) is 32.8 Å². The molecule has 2 aliphatic rings. The maximum Gasteiger partial charge on any atom is 0.243 e. The number of sulfonamides is 1. The summed E-state index contributed by atoms with van der Waals surface area (Å²) in [6, 6.07) is 5.75. The van der Waals surface area contributed by atoms with E-state index in [1.165, 1.54) is 29.3 Å². The molecular formula is C20H26FN5O3S. The fourth-order valence-corrected chi connectivity index (χ4v) is 5.29. The molecule has 1 aromatic carbocycles. The number of benzene rings is 1. The summed E-state index contributed by atoms with van der Waals surface area (Å²) in [7, 11) is -3.77. The Balaban J connectivity index is 1.44. The first-order valence-corrected chi connectivity index (χ1v) is 11.7. The topological polar surface area (TPSA) is 78.9 Å². The fraction of sp³-hybridized carbons (Fsp3) is 0.500. The van der Waals surface area contributed by atoms with Crippen molar-refractivity contribution < 1.29 is 17.5 Å². The third-order valence-electron chi connectivity index (χ3n) is 5.47. The standard InChI is InChI=1S/C20H26FN5O3S/c1-2-29-18-6-5-16(13-17(18)21)30(27,28)26-11-9-25(10-12-26)20-14-19(22-15-23-20)24-7-3-4-8-24/h5-6,13-15H,2-4,7-12H2,1H3. The first-order chi connectivity index (χ1) is 14.5. The van der Waals surface area contributed by atoms with E-state index in [4.69, 9.17) is 4.74 Å². The number of halogens is 1. The Morgan fingerprint density at radius 1 is 0.967 bits per heavy atom. The number of rotatable bonds is 6. The highest BCUT2D eigenvalue weighted by Gasteiger charge is 2.30. The summed E-state index contributed by atoms with van der Waals surface area (Å²) in [5.41, 5.74) is 0. The van der Waals surface area contributed by atoms with Gasteiger partial charge in [-0.2, -0.15) is 4.31 Å². The molecule has 10 heteroatoms. The smallest absolute Gasteiger partial charge is 0.243 e. The number of ether oxygens (including phenoxy) is 1. The Hall–Kier alpha value is -2.46. The van der Waals surface area contributed by atoms with E-state index >= 15 is 0 Å². The average molecular weight is 436 g/mol. The van der Waals surface area contributed by atoms with Gasteiger partial charge >= 0.3 is 0 Å². The molecule has 4 rings (SSSR count). The van der Waals surface area contributed by atoms with Gasteiger partial charge in [0.25, 0.3) is 0 Å². The zero-order valence-electron chi connectivity index (χ0n) is 17.0. The highest BCUT2D eigenvalue weighted by atomic mass is 32.2. The van der Waals surface area contributed by atoms with Gasteiger partial charge in [0, 0.05) is 45.3 Å². The summed E-state index contributed by atoms with van der Waals surface area (Å²) >= 11 is 0. The molecule has 30 heavy (non-hydrogen) atoms. The van der Waals surface area contributed by atoms with Crippen molar-refractivity contribution in [3.05, 3.63) is 36.4 Å². The van der Waals surface area contributed by atoms with Crippen molar-refractivity contribution in [2.75, 3.05) is 55.7 Å². The van der Waals surface area contributed by atoms with Gasteiger partial charge in [0.2, 0.25) is 10.0 Å². The molecule has 2 aromatic rings. The van der Waals surface area contributed by atoms with Gasteiger partial charge in [-0.05, 0) is 38.0 Å². The normalized spacial score (nSPS) is 18.1. The predicted molar refractivity (Wildman–Crippen MR) is 112 cm³/mol. The van der Waals surface area contributed by atoms with Gasteiger partial charge in [-0.15, -0.1) is 0 Å². The van der Waals surface area contributed by atoms with Gasteiger partial charge in [-0.3, -0.25) is 0 Å². The second-order valence-electron chi connectivity index (χ2n) is 7.34. The molecule has 3 heterocycles. The maximum absolute atomic E-state index is 14.1. The molecule has 2 aliphatic heterocycles. The minimum absolute atomic E-state index is 0.0545. The lowest BCUT2D eigenvalue weighted by Gasteiger charge is -2.35. The van der Waals surface area contributed by atoms with Gasteiger partial charge in [0.1, 0.15) is 18.0 Å². The zero-order chi connectivity index (χ0) is 21.1. The largest absolute Gasteiger partial charge is 0.491 e. The van der Waals surface area contributed by atoms with Gasteiger partial charge in [-0.1, -0.05) is 0 Å². The molecule has 0 amide bonds. The van der Waals surface area contributed by atoms with E-state index < -0.39 is 15.8 Å². The van der Waals surface area contributed by atoms with Crippen LogP contribution >= 0.6 is 0 Å². The average Bonchev–Trinajstić information content (AvgIpc) is 3.30. The predicted octanol–water partition coefficient (Wildman–Crippen LogP) is 2.13. The third kappa shape index (κ3) is 4.20. The number of aromatic nitrogens is 2. The quantitative estimate of drug-likeness (QED) is 0.688. The van der Waals surface area contributed by atoms with Crippen LogP contribution < -0.4 is 14.5 Å². The molecular weight excluding hydrogens is 409 g/mol. The summed E-state index contributed by atoms with van der Waals surface area (Å²) in [6.07, 6.45) is 3.90. The number of hydrogen-bond donors (Lipinski definition) is 0. The minimum Gasteiger partial charge on any atom is -0.491 e. The van der Waals surface area contributed by atoms with Crippen molar-refractivity contribution in [3.63, 3.8) is 0 Å². The second-order valence-corrected chi connectivity index (χ2v) is 9.28. The van der Waals surface area contributed by atoms with Crippen LogP contribution in [0.15, 0.2) is 35.5 Å². The van der Waals surface area contributed by atoms with Crippen LogP contribution in [0.2, 0.25) is 0 Å². The van der Waals surface area contributed by atoms with Gasteiger partial charge in [-0.25, -0.2) is 22.8 Å². The Morgan fingerprint density at radius 3 is 2.20 bits per heavy atom. The lowest BCUT2D eigenvalue weighted by atomic mass is 10.3. The first kappa shape index (κ1) is 20.8. The first-order valence-electron chi connectivity index (χ1n) is 10.2.